The summed E-state index contributed by atoms with van der Waals surface area (Å²) in [4.78, 5) is 10.7. The third-order valence-corrected chi connectivity index (χ3v) is 3.00. The predicted molar refractivity (Wildman–Crippen MR) is 68.1 cm³/mol. The van der Waals surface area contributed by atoms with Gasteiger partial charge < -0.3 is 20.3 Å². The van der Waals surface area contributed by atoms with Crippen molar-refractivity contribution < 1.29 is 32.9 Å². The molecule has 0 bridgehead atoms. The fourth-order valence-corrected chi connectivity index (χ4v) is 1.98. The van der Waals surface area contributed by atoms with E-state index in [1.165, 1.54) is 19.2 Å². The van der Waals surface area contributed by atoms with Crippen LogP contribution in [0.2, 0.25) is 0 Å². The molecule has 2 atom stereocenters. The van der Waals surface area contributed by atoms with E-state index in [4.69, 9.17) is 9.84 Å². The first-order valence-electron chi connectivity index (χ1n) is 6.06. The zero-order chi connectivity index (χ0) is 16.0. The van der Waals surface area contributed by atoms with Gasteiger partial charge in [-0.05, 0) is 17.7 Å². The number of carboxylic acid groups (broad SMARTS) is 1. The number of halogens is 3. The highest BCUT2D eigenvalue weighted by Crippen LogP contribution is 2.30. The molecule has 0 spiro atoms. The highest BCUT2D eigenvalue weighted by Gasteiger charge is 2.31. The second kappa shape index (κ2) is 7.28. The van der Waals surface area contributed by atoms with Crippen LogP contribution in [0.4, 0.5) is 18.0 Å². The topological polar surface area (TPSA) is 78.8 Å². The van der Waals surface area contributed by atoms with Crippen LogP contribution in [0, 0.1) is 0 Å². The quantitative estimate of drug-likeness (QED) is 0.752. The Kier molecular flexibility index (Phi) is 5.98. The molecular formula is C13H16F3NO4. The Hall–Kier alpha value is -1.80. The van der Waals surface area contributed by atoms with Gasteiger partial charge in [0.05, 0.1) is 24.8 Å². The molecule has 0 saturated carbocycles. The van der Waals surface area contributed by atoms with Crippen molar-refractivity contribution in [3.8, 4) is 0 Å². The summed E-state index contributed by atoms with van der Waals surface area (Å²) < 4.78 is 42.5. The molecule has 0 radical (unpaired) electrons. The van der Waals surface area contributed by atoms with Crippen molar-refractivity contribution >= 4 is 6.09 Å². The fraction of sp³-hybridized carbons (Fsp3) is 0.462. The monoisotopic (exact) mass is 307 g/mol. The van der Waals surface area contributed by atoms with Crippen LogP contribution < -0.4 is 5.32 Å². The van der Waals surface area contributed by atoms with E-state index in [2.05, 4.69) is 5.32 Å². The highest BCUT2D eigenvalue weighted by molar-refractivity contribution is 5.65. The number of ether oxygens (including phenoxy) is 1. The number of alkyl halides is 3. The summed E-state index contributed by atoms with van der Waals surface area (Å²) in [6.07, 6.45) is -5.77. The summed E-state index contributed by atoms with van der Waals surface area (Å²) in [5, 5.41) is 20.1. The maximum atomic E-state index is 12.5. The van der Waals surface area contributed by atoms with Crippen molar-refractivity contribution in [1.82, 2.24) is 5.32 Å². The zero-order valence-corrected chi connectivity index (χ0v) is 11.2. The molecule has 1 rings (SSSR count). The van der Waals surface area contributed by atoms with Gasteiger partial charge in [-0.3, -0.25) is 0 Å². The molecule has 5 nitrogen and oxygen atoms in total. The minimum absolute atomic E-state index is 0.0525. The number of amides is 1. The Morgan fingerprint density at radius 2 is 1.90 bits per heavy atom. The fourth-order valence-electron chi connectivity index (χ4n) is 1.98. The lowest BCUT2D eigenvalue weighted by molar-refractivity contribution is -0.137. The summed E-state index contributed by atoms with van der Waals surface area (Å²) in [7, 11) is 1.38. The van der Waals surface area contributed by atoms with E-state index in [-0.39, 0.29) is 6.61 Å². The average molecular weight is 307 g/mol. The van der Waals surface area contributed by atoms with E-state index in [0.29, 0.717) is 5.56 Å². The molecule has 0 aliphatic heterocycles. The van der Waals surface area contributed by atoms with Crippen LogP contribution in [-0.4, -0.2) is 42.7 Å². The SMILES string of the molecule is COC[C@H](c1ccc(C(F)(F)F)cc1)[C@@H](CO)NC(=O)O. The lowest BCUT2D eigenvalue weighted by Crippen LogP contribution is -2.42. The van der Waals surface area contributed by atoms with Gasteiger partial charge in [0, 0.05) is 13.0 Å². The molecule has 0 heterocycles. The van der Waals surface area contributed by atoms with Crippen molar-refractivity contribution in [2.24, 2.45) is 0 Å². The van der Waals surface area contributed by atoms with Gasteiger partial charge >= 0.3 is 12.3 Å². The standard InChI is InChI=1S/C13H16F3NO4/c1-21-7-10(11(6-18)17-12(19)20)8-2-4-9(5-3-8)13(14,15)16/h2-5,10-11,17-18H,6-7H2,1H3,(H,19,20)/t10-,11-/m1/s1. The van der Waals surface area contributed by atoms with Gasteiger partial charge in [0.2, 0.25) is 0 Å². The maximum absolute atomic E-state index is 12.5. The smallest absolute Gasteiger partial charge is 0.416 e. The Bertz CT molecular complexity index is 461. The van der Waals surface area contributed by atoms with Gasteiger partial charge in [-0.15, -0.1) is 0 Å². The Morgan fingerprint density at radius 3 is 2.29 bits per heavy atom. The number of carbonyl (C=O) groups is 1. The lowest BCUT2D eigenvalue weighted by Gasteiger charge is -2.25. The molecule has 118 valence electrons. The zero-order valence-electron chi connectivity index (χ0n) is 11.2. The molecular weight excluding hydrogens is 291 g/mol. The molecule has 0 unspecified atom stereocenters. The van der Waals surface area contributed by atoms with E-state index in [9.17, 15) is 23.1 Å². The van der Waals surface area contributed by atoms with Crippen LogP contribution in [0.1, 0.15) is 17.0 Å². The van der Waals surface area contributed by atoms with E-state index in [1.54, 1.807) is 0 Å². The van der Waals surface area contributed by atoms with Crippen LogP contribution >= 0.6 is 0 Å². The Balaban J connectivity index is 3.01. The minimum atomic E-state index is -4.44. The van der Waals surface area contributed by atoms with Gasteiger partial charge in [0.25, 0.3) is 0 Å². The number of benzene rings is 1. The largest absolute Gasteiger partial charge is 0.465 e. The molecule has 1 aromatic carbocycles. The van der Waals surface area contributed by atoms with Gasteiger partial charge in [-0.2, -0.15) is 13.2 Å². The number of rotatable bonds is 6. The second-order valence-corrected chi connectivity index (χ2v) is 4.42. The Labute approximate surface area is 119 Å². The summed E-state index contributed by atoms with van der Waals surface area (Å²) in [6, 6.07) is 3.44. The summed E-state index contributed by atoms with van der Waals surface area (Å²) in [5.74, 6) is -0.599. The van der Waals surface area contributed by atoms with Gasteiger partial charge in [-0.1, -0.05) is 12.1 Å². The van der Waals surface area contributed by atoms with E-state index in [1.807, 2.05) is 0 Å². The minimum Gasteiger partial charge on any atom is -0.465 e. The number of aliphatic hydroxyl groups is 1. The molecule has 0 aliphatic rings. The lowest BCUT2D eigenvalue weighted by atomic mass is 9.91. The first-order valence-corrected chi connectivity index (χ1v) is 6.06. The third kappa shape index (κ3) is 4.91. The van der Waals surface area contributed by atoms with E-state index in [0.717, 1.165) is 12.1 Å². The van der Waals surface area contributed by atoms with Crippen LogP contribution in [-0.2, 0) is 10.9 Å². The summed E-state index contributed by atoms with van der Waals surface area (Å²) >= 11 is 0. The maximum Gasteiger partial charge on any atom is 0.416 e. The van der Waals surface area contributed by atoms with Crippen molar-refractivity contribution in [3.05, 3.63) is 35.4 Å². The molecule has 0 aromatic heterocycles. The van der Waals surface area contributed by atoms with Crippen molar-refractivity contribution in [1.29, 1.82) is 0 Å². The first kappa shape index (κ1) is 17.3. The van der Waals surface area contributed by atoms with E-state index < -0.39 is 36.4 Å². The molecule has 0 saturated heterocycles. The van der Waals surface area contributed by atoms with Gasteiger partial charge in [0.1, 0.15) is 0 Å². The van der Waals surface area contributed by atoms with Crippen LogP contribution in [0.15, 0.2) is 24.3 Å². The summed E-state index contributed by atoms with van der Waals surface area (Å²) in [5.41, 5.74) is -0.355. The van der Waals surface area contributed by atoms with Crippen LogP contribution in [0.25, 0.3) is 0 Å². The number of hydrogen-bond donors (Lipinski definition) is 3. The molecule has 8 heteroatoms. The third-order valence-electron chi connectivity index (χ3n) is 3.00. The number of nitrogens with one attached hydrogen (secondary N) is 1. The predicted octanol–water partition coefficient (Wildman–Crippen LogP) is 2.06. The van der Waals surface area contributed by atoms with Crippen molar-refractivity contribution in [2.75, 3.05) is 20.3 Å². The normalized spacial score (nSPS) is 14.5. The highest BCUT2D eigenvalue weighted by atomic mass is 19.4. The average Bonchev–Trinajstić information content (AvgIpc) is 2.41. The molecule has 3 N–H and O–H groups in total. The van der Waals surface area contributed by atoms with Crippen LogP contribution in [0.5, 0.6) is 0 Å². The van der Waals surface area contributed by atoms with E-state index >= 15 is 0 Å². The van der Waals surface area contributed by atoms with Gasteiger partial charge in [-0.25, -0.2) is 4.79 Å². The number of methoxy groups -OCH3 is 1. The van der Waals surface area contributed by atoms with Crippen molar-refractivity contribution in [3.63, 3.8) is 0 Å². The van der Waals surface area contributed by atoms with Gasteiger partial charge in [0.15, 0.2) is 0 Å². The number of hydrogen-bond acceptors (Lipinski definition) is 3. The first-order chi connectivity index (χ1) is 9.79. The molecule has 0 aliphatic carbocycles. The molecule has 21 heavy (non-hydrogen) atoms. The Morgan fingerprint density at radius 1 is 1.33 bits per heavy atom. The molecule has 1 aromatic rings. The number of aliphatic hydroxyl groups excluding tert-OH is 1. The molecule has 1 amide bonds. The molecule has 0 fully saturated rings. The van der Waals surface area contributed by atoms with Crippen molar-refractivity contribution in [2.45, 2.75) is 18.1 Å². The summed E-state index contributed by atoms with van der Waals surface area (Å²) in [6.45, 7) is -0.446. The van der Waals surface area contributed by atoms with Crippen LogP contribution in [0.3, 0.4) is 0 Å². The second-order valence-electron chi connectivity index (χ2n) is 4.42.